The zero-order valence-electron chi connectivity index (χ0n) is 9.05. The van der Waals surface area contributed by atoms with Gasteiger partial charge in [-0.05, 0) is 39.5 Å². The quantitative estimate of drug-likeness (QED) is 0.692. The second-order valence-electron chi connectivity index (χ2n) is 4.61. The highest BCUT2D eigenvalue weighted by Gasteiger charge is 2.55. The van der Waals surface area contributed by atoms with E-state index in [9.17, 15) is 8.42 Å². The van der Waals surface area contributed by atoms with E-state index in [1.165, 1.54) is 0 Å². The van der Waals surface area contributed by atoms with Crippen LogP contribution < -0.4 is 0 Å². The van der Waals surface area contributed by atoms with E-state index in [0.717, 1.165) is 25.7 Å². The average Bonchev–Trinajstić information content (AvgIpc) is 2.28. The first-order valence-corrected chi connectivity index (χ1v) is 6.55. The van der Waals surface area contributed by atoms with Crippen molar-refractivity contribution in [3.63, 3.8) is 0 Å². The summed E-state index contributed by atoms with van der Waals surface area (Å²) >= 11 is 0. The average molecular weight is 204 g/mol. The van der Waals surface area contributed by atoms with Gasteiger partial charge in [-0.1, -0.05) is 13.8 Å². The van der Waals surface area contributed by atoms with Crippen LogP contribution in [-0.2, 0) is 9.84 Å². The fourth-order valence-electron chi connectivity index (χ4n) is 2.13. The monoisotopic (exact) mass is 204 g/mol. The van der Waals surface area contributed by atoms with Crippen LogP contribution >= 0.6 is 0 Å². The van der Waals surface area contributed by atoms with Crippen molar-refractivity contribution in [2.45, 2.75) is 62.9 Å². The minimum Gasteiger partial charge on any atom is -0.228 e. The van der Waals surface area contributed by atoms with Gasteiger partial charge in [0.15, 0.2) is 9.84 Å². The van der Waals surface area contributed by atoms with Gasteiger partial charge in [0.2, 0.25) is 0 Å². The van der Waals surface area contributed by atoms with E-state index >= 15 is 0 Å². The highest BCUT2D eigenvalue weighted by molar-refractivity contribution is 7.94. The first-order valence-electron chi connectivity index (χ1n) is 5.07. The molecule has 0 saturated carbocycles. The molecule has 0 spiro atoms. The van der Waals surface area contributed by atoms with E-state index in [1.54, 1.807) is 0 Å². The van der Waals surface area contributed by atoms with Gasteiger partial charge in [-0.25, -0.2) is 8.42 Å². The molecule has 0 radical (unpaired) electrons. The van der Waals surface area contributed by atoms with Gasteiger partial charge in [-0.2, -0.15) is 0 Å². The Bertz CT molecular complexity index is 270. The molecule has 0 aromatic rings. The van der Waals surface area contributed by atoms with E-state index in [-0.39, 0.29) is 0 Å². The molecule has 2 atom stereocenters. The molecule has 1 aliphatic heterocycles. The third-order valence-electron chi connectivity index (χ3n) is 3.98. The van der Waals surface area contributed by atoms with Crippen LogP contribution in [0, 0.1) is 0 Å². The highest BCUT2D eigenvalue weighted by atomic mass is 32.2. The number of rotatable bonds is 2. The van der Waals surface area contributed by atoms with Gasteiger partial charge in [0.1, 0.15) is 0 Å². The molecule has 0 aromatic carbocycles. The van der Waals surface area contributed by atoms with Crippen LogP contribution in [0.4, 0.5) is 0 Å². The lowest BCUT2D eigenvalue weighted by Crippen LogP contribution is -2.39. The van der Waals surface area contributed by atoms with Crippen LogP contribution in [0.25, 0.3) is 0 Å². The molecule has 13 heavy (non-hydrogen) atoms. The Kier molecular flexibility index (Phi) is 2.52. The second-order valence-corrected chi connectivity index (χ2v) is 7.59. The molecule has 0 amide bonds. The Morgan fingerprint density at radius 2 is 1.31 bits per heavy atom. The zero-order chi connectivity index (χ0) is 10.3. The van der Waals surface area contributed by atoms with E-state index in [2.05, 4.69) is 0 Å². The van der Waals surface area contributed by atoms with Crippen molar-refractivity contribution in [3.8, 4) is 0 Å². The second kappa shape index (κ2) is 2.97. The Balaban J connectivity index is 3.18. The van der Waals surface area contributed by atoms with Crippen molar-refractivity contribution in [2.75, 3.05) is 0 Å². The topological polar surface area (TPSA) is 34.1 Å². The van der Waals surface area contributed by atoms with Crippen molar-refractivity contribution in [2.24, 2.45) is 0 Å². The third kappa shape index (κ3) is 1.24. The summed E-state index contributed by atoms with van der Waals surface area (Å²) in [6, 6.07) is 0. The molecule has 1 saturated heterocycles. The molecule has 1 aliphatic rings. The molecule has 3 heteroatoms. The fourth-order valence-corrected chi connectivity index (χ4v) is 4.82. The SMILES string of the molecule is CCC1(C)CCC(C)(CC)S1(=O)=O. The zero-order valence-corrected chi connectivity index (χ0v) is 9.87. The van der Waals surface area contributed by atoms with Gasteiger partial charge in [0, 0.05) is 0 Å². The molecule has 0 aromatic heterocycles. The number of sulfone groups is 1. The Morgan fingerprint density at radius 3 is 1.46 bits per heavy atom. The van der Waals surface area contributed by atoms with Crippen molar-refractivity contribution >= 4 is 9.84 Å². The van der Waals surface area contributed by atoms with E-state index < -0.39 is 19.3 Å². The molecule has 2 nitrogen and oxygen atoms in total. The van der Waals surface area contributed by atoms with Gasteiger partial charge in [-0.3, -0.25) is 0 Å². The standard InChI is InChI=1S/C10H20O2S/c1-5-9(3)7-8-10(4,6-2)13(9,11)12/h5-8H2,1-4H3. The normalized spacial score (nSPS) is 43.7. The molecule has 1 rings (SSSR count). The van der Waals surface area contributed by atoms with Crippen LogP contribution in [0.3, 0.4) is 0 Å². The molecule has 0 bridgehead atoms. The molecule has 1 fully saturated rings. The Labute approximate surface area is 81.6 Å². The summed E-state index contributed by atoms with van der Waals surface area (Å²) in [4.78, 5) is 0. The number of hydrogen-bond donors (Lipinski definition) is 0. The maximum atomic E-state index is 12.2. The third-order valence-corrected chi connectivity index (χ3v) is 7.56. The lowest BCUT2D eigenvalue weighted by molar-refractivity contribution is 0.524. The summed E-state index contributed by atoms with van der Waals surface area (Å²) in [6.07, 6.45) is 3.14. The lowest BCUT2D eigenvalue weighted by atomic mass is 9.95. The van der Waals surface area contributed by atoms with E-state index in [4.69, 9.17) is 0 Å². The fraction of sp³-hybridized carbons (Fsp3) is 1.00. The van der Waals surface area contributed by atoms with Gasteiger partial charge >= 0.3 is 0 Å². The van der Waals surface area contributed by atoms with Gasteiger partial charge < -0.3 is 0 Å². The molecule has 0 N–H and O–H groups in total. The molecule has 2 unspecified atom stereocenters. The summed E-state index contributed by atoms with van der Waals surface area (Å²) < 4.78 is 23.5. The molecule has 78 valence electrons. The summed E-state index contributed by atoms with van der Waals surface area (Å²) in [5, 5.41) is 0. The van der Waals surface area contributed by atoms with Crippen LogP contribution in [-0.4, -0.2) is 17.9 Å². The number of hydrogen-bond acceptors (Lipinski definition) is 2. The minimum atomic E-state index is -2.93. The van der Waals surface area contributed by atoms with Crippen LogP contribution in [0.5, 0.6) is 0 Å². The molecular weight excluding hydrogens is 184 g/mol. The largest absolute Gasteiger partial charge is 0.228 e. The smallest absolute Gasteiger partial charge is 0.161 e. The summed E-state index contributed by atoms with van der Waals surface area (Å²) in [5.41, 5.74) is 0. The highest BCUT2D eigenvalue weighted by Crippen LogP contribution is 2.47. The summed E-state index contributed by atoms with van der Waals surface area (Å²) in [6.45, 7) is 7.73. The molecule has 1 heterocycles. The molecule has 0 aliphatic carbocycles. The van der Waals surface area contributed by atoms with Crippen LogP contribution in [0.1, 0.15) is 53.4 Å². The predicted molar refractivity (Wildman–Crippen MR) is 55.5 cm³/mol. The van der Waals surface area contributed by atoms with Gasteiger partial charge in [0.25, 0.3) is 0 Å². The first kappa shape index (κ1) is 11.0. The maximum absolute atomic E-state index is 12.2. The van der Waals surface area contributed by atoms with Crippen molar-refractivity contribution in [1.29, 1.82) is 0 Å². The Hall–Kier alpha value is -0.0500. The predicted octanol–water partition coefficient (Wildman–Crippen LogP) is 2.53. The minimum absolute atomic E-state index is 0.461. The lowest BCUT2D eigenvalue weighted by Gasteiger charge is -2.27. The molecular formula is C10H20O2S. The van der Waals surface area contributed by atoms with Crippen molar-refractivity contribution in [3.05, 3.63) is 0 Å². The Morgan fingerprint density at radius 1 is 1.00 bits per heavy atom. The summed E-state index contributed by atoms with van der Waals surface area (Å²) in [7, 11) is -2.93. The van der Waals surface area contributed by atoms with Gasteiger partial charge in [-0.15, -0.1) is 0 Å². The van der Waals surface area contributed by atoms with E-state index in [0.29, 0.717) is 0 Å². The maximum Gasteiger partial charge on any atom is 0.161 e. The first-order chi connectivity index (χ1) is 5.83. The van der Waals surface area contributed by atoms with Crippen molar-refractivity contribution < 1.29 is 8.42 Å². The van der Waals surface area contributed by atoms with Crippen LogP contribution in [0.2, 0.25) is 0 Å². The van der Waals surface area contributed by atoms with Crippen LogP contribution in [0.15, 0.2) is 0 Å². The van der Waals surface area contributed by atoms with Crippen molar-refractivity contribution in [1.82, 2.24) is 0 Å². The summed E-state index contributed by atoms with van der Waals surface area (Å²) in [5.74, 6) is 0. The van der Waals surface area contributed by atoms with E-state index in [1.807, 2.05) is 27.7 Å². The van der Waals surface area contributed by atoms with Gasteiger partial charge in [0.05, 0.1) is 9.49 Å².